The van der Waals surface area contributed by atoms with Crippen LogP contribution in [0.15, 0.2) is 23.1 Å². The Kier molecular flexibility index (Phi) is 5.91. The molecule has 134 valence electrons. The first-order valence-electron chi connectivity index (χ1n) is 7.66. The molecule has 0 radical (unpaired) electrons. The zero-order valence-electron chi connectivity index (χ0n) is 14.0. The monoisotopic (exact) mass is 375 g/mol. The topological polar surface area (TPSA) is 72.9 Å². The van der Waals surface area contributed by atoms with Gasteiger partial charge in [0.2, 0.25) is 10.0 Å². The van der Waals surface area contributed by atoms with E-state index in [1.165, 1.54) is 22.5 Å². The zero-order chi connectivity index (χ0) is 18.0. The third-order valence-electron chi connectivity index (χ3n) is 3.71. The highest BCUT2D eigenvalue weighted by molar-refractivity contribution is 7.89. The molecule has 1 heterocycles. The predicted octanol–water partition coefficient (Wildman–Crippen LogP) is 2.35. The van der Waals surface area contributed by atoms with Crippen LogP contribution in [0.25, 0.3) is 0 Å². The van der Waals surface area contributed by atoms with Crippen LogP contribution in [-0.2, 0) is 19.6 Å². The number of hydrogen-bond donors (Lipinski definition) is 0. The van der Waals surface area contributed by atoms with Crippen LogP contribution >= 0.6 is 11.6 Å². The van der Waals surface area contributed by atoms with Gasteiger partial charge in [0.05, 0.1) is 23.1 Å². The van der Waals surface area contributed by atoms with Gasteiger partial charge < -0.3 is 9.47 Å². The van der Waals surface area contributed by atoms with Gasteiger partial charge in [-0.15, -0.1) is 0 Å². The number of carbonyl (C=O) groups excluding carboxylic acids is 1. The average Bonchev–Trinajstić information content (AvgIpc) is 2.53. The van der Waals surface area contributed by atoms with Gasteiger partial charge in [-0.2, -0.15) is 4.31 Å². The lowest BCUT2D eigenvalue weighted by Gasteiger charge is -2.26. The Morgan fingerprint density at radius 3 is 2.46 bits per heavy atom. The molecule has 6 nitrogen and oxygen atoms in total. The first-order chi connectivity index (χ1) is 11.1. The highest BCUT2D eigenvalue weighted by atomic mass is 35.5. The van der Waals surface area contributed by atoms with Gasteiger partial charge in [0, 0.05) is 18.5 Å². The molecule has 1 aromatic carbocycles. The van der Waals surface area contributed by atoms with Crippen LogP contribution in [0.5, 0.6) is 5.75 Å². The summed E-state index contributed by atoms with van der Waals surface area (Å²) in [5.41, 5.74) is -0.508. The van der Waals surface area contributed by atoms with Crippen LogP contribution in [0.1, 0.15) is 20.8 Å². The number of halogens is 1. The molecule has 0 unspecified atom stereocenters. The van der Waals surface area contributed by atoms with E-state index in [0.29, 0.717) is 26.3 Å². The second kappa shape index (κ2) is 7.39. The third-order valence-corrected chi connectivity index (χ3v) is 5.90. The molecule has 0 amide bonds. The molecule has 1 fully saturated rings. The number of ether oxygens (including phenoxy) is 2. The minimum atomic E-state index is -3.61. The third kappa shape index (κ3) is 4.47. The van der Waals surface area contributed by atoms with Gasteiger partial charge in [0.25, 0.3) is 0 Å². The Hall–Kier alpha value is -1.15. The van der Waals surface area contributed by atoms with Gasteiger partial charge in [0.1, 0.15) is 12.4 Å². The van der Waals surface area contributed by atoms with Crippen molar-refractivity contribution in [1.82, 2.24) is 4.31 Å². The standard InChI is InChI=1S/C16H22ClNO5S/c1-16(2,3)15(19)11-23-14-5-4-12(10-13(14)17)24(20,21)18-6-8-22-9-7-18/h4-5,10H,6-9,11H2,1-3H3. The number of morpholine rings is 1. The summed E-state index contributed by atoms with van der Waals surface area (Å²) in [4.78, 5) is 12.0. The number of ketones is 1. The maximum atomic E-state index is 12.6. The molecule has 24 heavy (non-hydrogen) atoms. The molecule has 1 aromatic rings. The van der Waals surface area contributed by atoms with E-state index >= 15 is 0 Å². The molecule has 0 bridgehead atoms. The van der Waals surface area contributed by atoms with E-state index in [2.05, 4.69) is 0 Å². The van der Waals surface area contributed by atoms with Gasteiger partial charge >= 0.3 is 0 Å². The molecule has 1 aliphatic rings. The maximum absolute atomic E-state index is 12.6. The van der Waals surface area contributed by atoms with E-state index in [9.17, 15) is 13.2 Å². The Balaban J connectivity index is 2.13. The molecule has 1 saturated heterocycles. The Labute approximate surface area is 147 Å². The first kappa shape index (κ1) is 19.2. The number of nitrogens with zero attached hydrogens (tertiary/aromatic N) is 1. The second-order valence-corrected chi connectivity index (χ2v) is 8.92. The minimum absolute atomic E-state index is 0.0661. The van der Waals surface area contributed by atoms with Crippen molar-refractivity contribution < 1.29 is 22.7 Å². The fourth-order valence-electron chi connectivity index (χ4n) is 2.05. The van der Waals surface area contributed by atoms with Gasteiger partial charge in [-0.25, -0.2) is 8.42 Å². The summed E-state index contributed by atoms with van der Waals surface area (Å²) < 4.78 is 37.1. The molecule has 8 heteroatoms. The lowest BCUT2D eigenvalue weighted by molar-refractivity contribution is -0.128. The Bertz CT molecular complexity index is 706. The number of carbonyl (C=O) groups is 1. The van der Waals surface area contributed by atoms with Crippen LogP contribution in [0.4, 0.5) is 0 Å². The number of sulfonamides is 1. The van der Waals surface area contributed by atoms with Gasteiger partial charge in [-0.05, 0) is 18.2 Å². The largest absolute Gasteiger partial charge is 0.484 e. The number of hydrogen-bond acceptors (Lipinski definition) is 5. The number of rotatable bonds is 5. The summed E-state index contributed by atoms with van der Waals surface area (Å²) in [5, 5.41) is 0.158. The van der Waals surface area contributed by atoms with Crippen molar-refractivity contribution in [2.75, 3.05) is 32.9 Å². The van der Waals surface area contributed by atoms with E-state index in [-0.39, 0.29) is 28.1 Å². The summed E-state index contributed by atoms with van der Waals surface area (Å²) >= 11 is 6.13. The fourth-order valence-corrected chi connectivity index (χ4v) is 3.79. The van der Waals surface area contributed by atoms with Gasteiger partial charge in [0.15, 0.2) is 5.78 Å². The summed E-state index contributed by atoms with van der Waals surface area (Å²) in [6.07, 6.45) is 0. The van der Waals surface area contributed by atoms with Crippen molar-refractivity contribution in [2.24, 2.45) is 5.41 Å². The lowest BCUT2D eigenvalue weighted by Crippen LogP contribution is -2.40. The molecule has 0 aliphatic carbocycles. The lowest BCUT2D eigenvalue weighted by atomic mass is 9.91. The highest BCUT2D eigenvalue weighted by Gasteiger charge is 2.27. The molecule has 0 aromatic heterocycles. The summed E-state index contributed by atoms with van der Waals surface area (Å²) in [7, 11) is -3.61. The average molecular weight is 376 g/mol. The van der Waals surface area contributed by atoms with Crippen molar-refractivity contribution >= 4 is 27.4 Å². The minimum Gasteiger partial charge on any atom is -0.484 e. The van der Waals surface area contributed by atoms with E-state index in [0.717, 1.165) is 0 Å². The molecular formula is C16H22ClNO5S. The van der Waals surface area contributed by atoms with Crippen LogP contribution in [-0.4, -0.2) is 51.4 Å². The van der Waals surface area contributed by atoms with Crippen LogP contribution in [0, 0.1) is 5.41 Å². The van der Waals surface area contributed by atoms with Gasteiger partial charge in [-0.1, -0.05) is 32.4 Å². The second-order valence-electron chi connectivity index (χ2n) is 6.57. The van der Waals surface area contributed by atoms with Crippen LogP contribution in [0.2, 0.25) is 5.02 Å². The molecule has 0 saturated carbocycles. The summed E-state index contributed by atoms with van der Waals surface area (Å²) in [5.74, 6) is 0.221. The van der Waals surface area contributed by atoms with Crippen LogP contribution in [0.3, 0.4) is 0 Å². The molecule has 2 rings (SSSR count). The predicted molar refractivity (Wildman–Crippen MR) is 91.0 cm³/mol. The molecule has 0 spiro atoms. The molecule has 1 aliphatic heterocycles. The van der Waals surface area contributed by atoms with E-state index in [1.54, 1.807) is 20.8 Å². The summed E-state index contributed by atoms with van der Waals surface area (Å²) in [6.45, 7) is 6.69. The summed E-state index contributed by atoms with van der Waals surface area (Å²) in [6, 6.07) is 4.27. The highest BCUT2D eigenvalue weighted by Crippen LogP contribution is 2.29. The normalized spacial score (nSPS) is 16.8. The van der Waals surface area contributed by atoms with E-state index < -0.39 is 15.4 Å². The van der Waals surface area contributed by atoms with Gasteiger partial charge in [-0.3, -0.25) is 4.79 Å². The van der Waals surface area contributed by atoms with Crippen LogP contribution < -0.4 is 4.74 Å². The zero-order valence-corrected chi connectivity index (χ0v) is 15.6. The molecule has 0 atom stereocenters. The molecule has 0 N–H and O–H groups in total. The van der Waals surface area contributed by atoms with Crippen molar-refractivity contribution in [2.45, 2.75) is 25.7 Å². The van der Waals surface area contributed by atoms with E-state index in [4.69, 9.17) is 21.1 Å². The Morgan fingerprint density at radius 2 is 1.92 bits per heavy atom. The van der Waals surface area contributed by atoms with E-state index in [1.807, 2.05) is 0 Å². The molecular weight excluding hydrogens is 354 g/mol. The fraction of sp³-hybridized carbons (Fsp3) is 0.562. The SMILES string of the molecule is CC(C)(C)C(=O)COc1ccc(S(=O)(=O)N2CCOCC2)cc1Cl. The Morgan fingerprint density at radius 1 is 1.29 bits per heavy atom. The first-order valence-corrected chi connectivity index (χ1v) is 9.48. The number of benzene rings is 1. The van der Waals surface area contributed by atoms with Crippen molar-refractivity contribution in [3.63, 3.8) is 0 Å². The quantitative estimate of drug-likeness (QED) is 0.789. The smallest absolute Gasteiger partial charge is 0.243 e. The van der Waals surface area contributed by atoms with Crippen molar-refractivity contribution in [1.29, 1.82) is 0 Å². The number of Topliss-reactive ketones (excluding diaryl/α,β-unsaturated/α-hetero) is 1. The van der Waals surface area contributed by atoms with Crippen molar-refractivity contribution in [3.05, 3.63) is 23.2 Å². The van der Waals surface area contributed by atoms with Crippen molar-refractivity contribution in [3.8, 4) is 5.75 Å². The maximum Gasteiger partial charge on any atom is 0.243 e.